The van der Waals surface area contributed by atoms with Gasteiger partial charge in [0.1, 0.15) is 36.0 Å². The van der Waals surface area contributed by atoms with Crippen molar-refractivity contribution in [1.82, 2.24) is 31.6 Å². The molecule has 0 saturated heterocycles. The minimum absolute atomic E-state index is 0.00601. The smallest absolute Gasteiger partial charge is 0.243 e. The van der Waals surface area contributed by atoms with Crippen LogP contribution in [-0.4, -0.2) is 112 Å². The van der Waals surface area contributed by atoms with Crippen molar-refractivity contribution in [2.75, 3.05) is 19.8 Å². The lowest BCUT2D eigenvalue weighted by Crippen LogP contribution is -2.60. The number of phenolic OH excluding ortho intramolecular Hbond substituents is 1. The van der Waals surface area contributed by atoms with E-state index in [4.69, 9.17) is 22.9 Å². The first-order valence-electron chi connectivity index (χ1n) is 18.8. The molecule has 0 spiro atoms. The highest BCUT2D eigenvalue weighted by Crippen LogP contribution is 2.20. The minimum atomic E-state index is -1.33. The van der Waals surface area contributed by atoms with Gasteiger partial charge in [-0.3, -0.25) is 29.0 Å². The Morgan fingerprint density at radius 1 is 0.741 bits per heavy atom. The molecule has 0 aliphatic carbocycles. The number of hydrogen-bond acceptors (Lipinski definition) is 11. The van der Waals surface area contributed by atoms with E-state index in [0.717, 1.165) is 10.9 Å². The van der Waals surface area contributed by atoms with Crippen LogP contribution in [0.1, 0.15) is 44.2 Å². The fourth-order valence-corrected chi connectivity index (χ4v) is 5.99. The van der Waals surface area contributed by atoms with Crippen molar-refractivity contribution in [3.8, 4) is 5.75 Å². The maximum atomic E-state index is 14.2. The highest BCUT2D eigenvalue weighted by Gasteiger charge is 2.33. The molecule has 19 nitrogen and oxygen atoms in total. The van der Waals surface area contributed by atoms with Crippen molar-refractivity contribution in [3.63, 3.8) is 0 Å². The lowest BCUT2D eigenvalue weighted by Gasteiger charge is -2.28. The zero-order chi connectivity index (χ0) is 42.9. The van der Waals surface area contributed by atoms with Crippen molar-refractivity contribution in [2.24, 2.45) is 33.8 Å². The molecule has 6 atom stereocenters. The summed E-state index contributed by atoms with van der Waals surface area (Å²) in [6.45, 7) is 6.19. The second-order valence-electron chi connectivity index (χ2n) is 14.4. The summed E-state index contributed by atoms with van der Waals surface area (Å²) in [5.41, 5.74) is 24.4. The Labute approximate surface area is 336 Å². The standard InChI is InChI=1S/C39H57N11O8/c1-21(2)15-30(36(56)49-32(38(58)50-33(20-52)22(3)40)17-24-18-45-28-8-5-4-7-26(24)28)47-37(57)31(16-23-10-12-25(53)13-11-23)48-35(55)29(9-6-14-44-39(42)43)46-34(54)27(41)19-51/h4-5,7-8,10-13,18,21,27,29-33,45,51-53H,3,6,9,14-17,19-20,40-41H2,1-2H3,(H,46,54)(H,47,57)(H,48,55)(H,49,56)(H,50,58)(H4,42,43,44)/t27?,29?,30-,31-,32-,33-/m0/s1. The number of nitrogens with two attached hydrogens (primary N) is 4. The number of carbonyl (C=O) groups is 5. The van der Waals surface area contributed by atoms with E-state index < -0.39 is 79.0 Å². The molecule has 5 amide bonds. The predicted octanol–water partition coefficient (Wildman–Crippen LogP) is -2.03. The third kappa shape index (κ3) is 14.4. The monoisotopic (exact) mass is 807 g/mol. The maximum absolute atomic E-state index is 14.2. The Morgan fingerprint density at radius 3 is 1.88 bits per heavy atom. The van der Waals surface area contributed by atoms with Gasteiger partial charge in [-0.2, -0.15) is 0 Å². The van der Waals surface area contributed by atoms with Gasteiger partial charge in [0.25, 0.3) is 0 Å². The number of aliphatic imine (C=N–C) groups is 1. The summed E-state index contributed by atoms with van der Waals surface area (Å²) >= 11 is 0. The molecule has 1 aromatic heterocycles. The van der Waals surface area contributed by atoms with Crippen molar-refractivity contribution in [1.29, 1.82) is 0 Å². The van der Waals surface area contributed by atoms with Crippen molar-refractivity contribution < 1.29 is 39.3 Å². The third-order valence-corrected chi connectivity index (χ3v) is 9.14. The molecule has 0 fully saturated rings. The van der Waals surface area contributed by atoms with Gasteiger partial charge in [0, 0.05) is 42.2 Å². The molecule has 316 valence electrons. The van der Waals surface area contributed by atoms with E-state index in [9.17, 15) is 39.3 Å². The lowest BCUT2D eigenvalue weighted by molar-refractivity contribution is -0.135. The van der Waals surface area contributed by atoms with Crippen LogP contribution in [0.3, 0.4) is 0 Å². The first-order chi connectivity index (χ1) is 27.5. The summed E-state index contributed by atoms with van der Waals surface area (Å²) in [5, 5.41) is 43.2. The van der Waals surface area contributed by atoms with Gasteiger partial charge in [0.05, 0.1) is 19.3 Å². The number of phenols is 1. The molecule has 19 heteroatoms. The summed E-state index contributed by atoms with van der Waals surface area (Å²) in [4.78, 5) is 75.5. The van der Waals surface area contributed by atoms with Crippen LogP contribution in [0.15, 0.2) is 72.0 Å². The molecule has 0 bridgehead atoms. The largest absolute Gasteiger partial charge is 0.508 e. The lowest BCUT2D eigenvalue weighted by atomic mass is 9.99. The van der Waals surface area contributed by atoms with E-state index in [0.29, 0.717) is 11.1 Å². The molecular weight excluding hydrogens is 750 g/mol. The number of H-pyrrole nitrogens is 1. The number of aliphatic hydroxyl groups is 2. The van der Waals surface area contributed by atoms with Gasteiger partial charge in [-0.05, 0) is 54.5 Å². The average molecular weight is 808 g/mol. The van der Waals surface area contributed by atoms with Gasteiger partial charge in [0.15, 0.2) is 5.96 Å². The Hall–Kier alpha value is -6.18. The molecule has 17 N–H and O–H groups in total. The molecule has 0 aliphatic rings. The van der Waals surface area contributed by atoms with E-state index >= 15 is 0 Å². The predicted molar refractivity (Wildman–Crippen MR) is 218 cm³/mol. The second kappa shape index (κ2) is 22.5. The summed E-state index contributed by atoms with van der Waals surface area (Å²) < 4.78 is 0. The van der Waals surface area contributed by atoms with E-state index in [2.05, 4.69) is 43.1 Å². The quantitative estimate of drug-likeness (QED) is 0.0280. The van der Waals surface area contributed by atoms with Gasteiger partial charge in [0.2, 0.25) is 29.5 Å². The molecule has 58 heavy (non-hydrogen) atoms. The fraction of sp³-hybridized carbons (Fsp3) is 0.436. The number of nitrogens with one attached hydrogen (secondary N) is 6. The number of aromatic hydroxyl groups is 1. The zero-order valence-corrected chi connectivity index (χ0v) is 32.7. The van der Waals surface area contributed by atoms with E-state index in [1.807, 2.05) is 38.1 Å². The molecule has 0 aliphatic heterocycles. The second-order valence-corrected chi connectivity index (χ2v) is 14.4. The Morgan fingerprint density at radius 2 is 1.29 bits per heavy atom. The Balaban J connectivity index is 1.93. The molecule has 0 saturated carbocycles. The fourth-order valence-electron chi connectivity index (χ4n) is 5.99. The average Bonchev–Trinajstić information content (AvgIpc) is 3.59. The number of amides is 5. The van der Waals surface area contributed by atoms with Gasteiger partial charge >= 0.3 is 0 Å². The minimum Gasteiger partial charge on any atom is -0.508 e. The van der Waals surface area contributed by atoms with Gasteiger partial charge in [-0.15, -0.1) is 0 Å². The van der Waals surface area contributed by atoms with Gasteiger partial charge in [-0.25, -0.2) is 0 Å². The normalized spacial score (nSPS) is 14.2. The molecule has 0 radical (unpaired) electrons. The number of guanidine groups is 1. The summed E-state index contributed by atoms with van der Waals surface area (Å²) in [7, 11) is 0. The topological polar surface area (TPSA) is 338 Å². The molecule has 1 heterocycles. The number of hydrogen-bond donors (Lipinski definition) is 13. The van der Waals surface area contributed by atoms with E-state index in [-0.39, 0.29) is 62.0 Å². The maximum Gasteiger partial charge on any atom is 0.243 e. The number of para-hydroxylation sites is 1. The molecule has 3 rings (SSSR count). The first kappa shape index (κ1) is 46.2. The van der Waals surface area contributed by atoms with Crippen LogP contribution in [0, 0.1) is 5.92 Å². The highest BCUT2D eigenvalue weighted by molar-refractivity contribution is 5.96. The van der Waals surface area contributed by atoms with E-state index in [1.54, 1.807) is 18.3 Å². The number of fused-ring (bicyclic) bond motifs is 1. The van der Waals surface area contributed by atoms with Crippen LogP contribution >= 0.6 is 0 Å². The molecular formula is C39H57N11O8. The summed E-state index contributed by atoms with van der Waals surface area (Å²) in [5.74, 6) is -4.05. The number of aliphatic hydroxyl groups excluding tert-OH is 2. The number of benzene rings is 2. The number of carbonyl (C=O) groups excluding carboxylic acids is 5. The summed E-state index contributed by atoms with van der Waals surface area (Å²) in [6, 6.07) is 6.04. The van der Waals surface area contributed by atoms with Crippen molar-refractivity contribution in [2.45, 2.75) is 82.2 Å². The molecule has 2 unspecified atom stereocenters. The van der Waals surface area contributed by atoms with E-state index in [1.165, 1.54) is 12.1 Å². The molecule has 3 aromatic rings. The van der Waals surface area contributed by atoms with Crippen molar-refractivity contribution in [3.05, 3.63) is 78.1 Å². The van der Waals surface area contributed by atoms with Crippen LogP contribution in [0.25, 0.3) is 10.9 Å². The van der Waals surface area contributed by atoms with Crippen LogP contribution < -0.4 is 49.5 Å². The zero-order valence-electron chi connectivity index (χ0n) is 32.7. The SMILES string of the molecule is C=C(N)[C@H](CO)NC(=O)[C@H](Cc1c[nH]c2ccccc12)NC(=O)[C@H](CC(C)C)NC(=O)[C@H](Cc1ccc(O)cc1)NC(=O)C(CCCN=C(N)N)NC(=O)C(N)CO. The Kier molecular flexibility index (Phi) is 17.9. The van der Waals surface area contributed by atoms with Gasteiger partial charge < -0.3 is 69.8 Å². The highest BCUT2D eigenvalue weighted by atomic mass is 16.3. The number of aromatic amines is 1. The van der Waals surface area contributed by atoms with Crippen molar-refractivity contribution >= 4 is 46.4 Å². The summed E-state index contributed by atoms with van der Waals surface area (Å²) in [6.07, 6.45) is 2.03. The van der Waals surface area contributed by atoms with Gasteiger partial charge in [-0.1, -0.05) is 50.8 Å². The van der Waals surface area contributed by atoms with Crippen LogP contribution in [0.2, 0.25) is 0 Å². The van der Waals surface area contributed by atoms with Crippen LogP contribution in [0.5, 0.6) is 5.75 Å². The number of rotatable bonds is 23. The number of aromatic nitrogens is 1. The van der Waals surface area contributed by atoms with Crippen LogP contribution in [-0.2, 0) is 36.8 Å². The van der Waals surface area contributed by atoms with Crippen LogP contribution in [0.4, 0.5) is 0 Å². The number of nitrogens with zero attached hydrogens (tertiary/aromatic N) is 1. The third-order valence-electron chi connectivity index (χ3n) is 9.14. The Bertz CT molecular complexity index is 1900. The molecule has 2 aromatic carbocycles. The first-order valence-corrected chi connectivity index (χ1v) is 18.8.